The lowest BCUT2D eigenvalue weighted by molar-refractivity contribution is 0.0600. The van der Waals surface area contributed by atoms with E-state index in [2.05, 4.69) is 9.72 Å². The van der Waals surface area contributed by atoms with E-state index >= 15 is 0 Å². The fourth-order valence-electron chi connectivity index (χ4n) is 1.64. The van der Waals surface area contributed by atoms with Crippen LogP contribution in [0.3, 0.4) is 0 Å². The molecule has 0 saturated heterocycles. The summed E-state index contributed by atoms with van der Waals surface area (Å²) in [6, 6.07) is 7.08. The molecule has 0 fully saturated rings. The molecule has 0 radical (unpaired) electrons. The number of methoxy groups -OCH3 is 1. The van der Waals surface area contributed by atoms with Gasteiger partial charge in [0.25, 0.3) is 0 Å². The highest BCUT2D eigenvalue weighted by Gasteiger charge is 2.13. The van der Waals surface area contributed by atoms with Crippen molar-refractivity contribution in [3.05, 3.63) is 35.0 Å². The topological polar surface area (TPSA) is 48.4 Å². The van der Waals surface area contributed by atoms with Gasteiger partial charge < -0.3 is 9.47 Å². The summed E-state index contributed by atoms with van der Waals surface area (Å²) in [5.41, 5.74) is 0.955. The second kappa shape index (κ2) is 5.23. The van der Waals surface area contributed by atoms with E-state index in [-0.39, 0.29) is 10.7 Å². The Kier molecular flexibility index (Phi) is 3.67. The molecule has 0 aliphatic carbocycles. The average Bonchev–Trinajstić information content (AvgIpc) is 2.38. The summed E-state index contributed by atoms with van der Waals surface area (Å²) in [5.74, 6) is 0.223. The van der Waals surface area contributed by atoms with Crippen LogP contribution in [0, 0.1) is 0 Å². The van der Waals surface area contributed by atoms with E-state index in [1.807, 2.05) is 19.1 Å². The highest BCUT2D eigenvalue weighted by Crippen LogP contribution is 2.24. The van der Waals surface area contributed by atoms with Gasteiger partial charge in [-0.2, -0.15) is 0 Å². The Labute approximate surface area is 109 Å². The van der Waals surface area contributed by atoms with Crippen molar-refractivity contribution in [1.29, 1.82) is 0 Å². The highest BCUT2D eigenvalue weighted by atomic mass is 35.5. The van der Waals surface area contributed by atoms with Gasteiger partial charge in [-0.05, 0) is 31.2 Å². The van der Waals surface area contributed by atoms with Gasteiger partial charge >= 0.3 is 5.97 Å². The van der Waals surface area contributed by atoms with Crippen LogP contribution in [-0.2, 0) is 4.74 Å². The fourth-order valence-corrected chi connectivity index (χ4v) is 1.86. The van der Waals surface area contributed by atoms with E-state index in [0.29, 0.717) is 12.1 Å². The molecule has 5 heteroatoms. The van der Waals surface area contributed by atoms with Gasteiger partial charge in [-0.3, -0.25) is 0 Å². The molecule has 0 aliphatic heterocycles. The molecular weight excluding hydrogens is 254 g/mol. The van der Waals surface area contributed by atoms with Crippen molar-refractivity contribution in [1.82, 2.24) is 4.98 Å². The first-order chi connectivity index (χ1) is 8.65. The maximum atomic E-state index is 11.5. The summed E-state index contributed by atoms with van der Waals surface area (Å²) in [6.45, 7) is 2.49. The first-order valence-corrected chi connectivity index (χ1v) is 5.85. The zero-order valence-corrected chi connectivity index (χ0v) is 10.8. The maximum Gasteiger partial charge on any atom is 0.341 e. The second-order valence-corrected chi connectivity index (χ2v) is 3.96. The lowest BCUT2D eigenvalue weighted by Gasteiger charge is -2.07. The molecule has 0 unspecified atom stereocenters. The van der Waals surface area contributed by atoms with Gasteiger partial charge in [-0.25, -0.2) is 9.78 Å². The minimum Gasteiger partial charge on any atom is -0.494 e. The Bertz CT molecular complexity index is 598. The van der Waals surface area contributed by atoms with E-state index in [1.54, 1.807) is 12.1 Å². The summed E-state index contributed by atoms with van der Waals surface area (Å²) in [6.07, 6.45) is 0. The van der Waals surface area contributed by atoms with Gasteiger partial charge in [0.1, 0.15) is 10.9 Å². The third-order valence-electron chi connectivity index (χ3n) is 2.46. The number of nitrogens with zero attached hydrogens (tertiary/aromatic N) is 1. The van der Waals surface area contributed by atoms with Gasteiger partial charge in [0, 0.05) is 5.39 Å². The quantitative estimate of drug-likeness (QED) is 0.632. The number of fused-ring (bicyclic) bond motifs is 1. The molecule has 18 heavy (non-hydrogen) atoms. The minimum absolute atomic E-state index is 0.138. The number of carbonyl (C=O) groups is 1. The largest absolute Gasteiger partial charge is 0.494 e. The molecule has 0 aliphatic rings. The Balaban J connectivity index is 2.55. The van der Waals surface area contributed by atoms with Crippen molar-refractivity contribution in [3.63, 3.8) is 0 Å². The van der Waals surface area contributed by atoms with Crippen molar-refractivity contribution >= 4 is 28.5 Å². The number of hydrogen-bond donors (Lipinski definition) is 0. The summed E-state index contributed by atoms with van der Waals surface area (Å²) in [7, 11) is 1.31. The molecule has 94 valence electrons. The van der Waals surface area contributed by atoms with E-state index in [9.17, 15) is 4.79 Å². The molecule has 0 saturated carbocycles. The molecular formula is C13H12ClNO3. The van der Waals surface area contributed by atoms with Crippen molar-refractivity contribution in [2.75, 3.05) is 13.7 Å². The van der Waals surface area contributed by atoms with E-state index in [4.69, 9.17) is 16.3 Å². The molecule has 4 nitrogen and oxygen atoms in total. The SMILES string of the molecule is CCOc1ccc2nc(Cl)c(C(=O)OC)cc2c1. The molecule has 1 aromatic heterocycles. The number of hydrogen-bond acceptors (Lipinski definition) is 4. The summed E-state index contributed by atoms with van der Waals surface area (Å²) in [4.78, 5) is 15.7. The van der Waals surface area contributed by atoms with Crippen LogP contribution >= 0.6 is 11.6 Å². The smallest absolute Gasteiger partial charge is 0.341 e. The standard InChI is InChI=1S/C13H12ClNO3/c1-3-18-9-4-5-11-8(6-9)7-10(12(14)15-11)13(16)17-2/h4-7H,3H2,1-2H3. The van der Waals surface area contributed by atoms with E-state index in [1.165, 1.54) is 7.11 Å². The molecule has 2 aromatic rings. The maximum absolute atomic E-state index is 11.5. The molecule has 2 rings (SSSR count). The van der Waals surface area contributed by atoms with Crippen molar-refractivity contribution in [2.45, 2.75) is 6.92 Å². The highest BCUT2D eigenvalue weighted by molar-refractivity contribution is 6.32. The third-order valence-corrected chi connectivity index (χ3v) is 2.74. The Hall–Kier alpha value is -1.81. The van der Waals surface area contributed by atoms with Gasteiger partial charge in [-0.15, -0.1) is 0 Å². The number of esters is 1. The summed E-state index contributed by atoms with van der Waals surface area (Å²) in [5, 5.41) is 0.921. The van der Waals surface area contributed by atoms with Crippen molar-refractivity contribution in [3.8, 4) is 5.75 Å². The Morgan fingerprint density at radius 3 is 2.83 bits per heavy atom. The predicted octanol–water partition coefficient (Wildman–Crippen LogP) is 3.07. The van der Waals surface area contributed by atoms with Gasteiger partial charge in [0.05, 0.1) is 24.8 Å². The van der Waals surface area contributed by atoms with Crippen molar-refractivity contribution < 1.29 is 14.3 Å². The number of rotatable bonds is 3. The normalized spacial score (nSPS) is 10.4. The predicted molar refractivity (Wildman–Crippen MR) is 69.3 cm³/mol. The molecule has 0 bridgehead atoms. The van der Waals surface area contributed by atoms with Crippen LogP contribution in [0.4, 0.5) is 0 Å². The first-order valence-electron chi connectivity index (χ1n) is 5.47. The molecule has 0 amide bonds. The lowest BCUT2D eigenvalue weighted by Crippen LogP contribution is -2.03. The number of pyridine rings is 1. The number of aromatic nitrogens is 1. The number of carbonyl (C=O) groups excluding carboxylic acids is 1. The Morgan fingerprint density at radius 1 is 1.39 bits per heavy atom. The number of ether oxygens (including phenoxy) is 2. The zero-order chi connectivity index (χ0) is 13.1. The summed E-state index contributed by atoms with van der Waals surface area (Å²) < 4.78 is 10.0. The van der Waals surface area contributed by atoms with Crippen LogP contribution in [0.1, 0.15) is 17.3 Å². The zero-order valence-electron chi connectivity index (χ0n) is 10.1. The number of benzene rings is 1. The molecule has 0 atom stereocenters. The minimum atomic E-state index is -0.504. The Morgan fingerprint density at radius 2 is 2.17 bits per heavy atom. The van der Waals surface area contributed by atoms with Crippen molar-refractivity contribution in [2.24, 2.45) is 0 Å². The first kappa shape index (κ1) is 12.6. The van der Waals surface area contributed by atoms with Gasteiger partial charge in [-0.1, -0.05) is 11.6 Å². The van der Waals surface area contributed by atoms with Crippen LogP contribution in [0.5, 0.6) is 5.75 Å². The molecule has 0 N–H and O–H groups in total. The van der Waals surface area contributed by atoms with Crippen LogP contribution in [0.15, 0.2) is 24.3 Å². The third kappa shape index (κ3) is 2.38. The van der Waals surface area contributed by atoms with E-state index in [0.717, 1.165) is 11.1 Å². The molecule has 0 spiro atoms. The molecule has 1 heterocycles. The van der Waals surface area contributed by atoms with Crippen LogP contribution in [-0.4, -0.2) is 24.7 Å². The van der Waals surface area contributed by atoms with Crippen LogP contribution < -0.4 is 4.74 Å². The van der Waals surface area contributed by atoms with E-state index < -0.39 is 5.97 Å². The summed E-state index contributed by atoms with van der Waals surface area (Å²) >= 11 is 5.93. The van der Waals surface area contributed by atoms with Gasteiger partial charge in [0.15, 0.2) is 0 Å². The monoisotopic (exact) mass is 265 g/mol. The molecule has 1 aromatic carbocycles. The lowest BCUT2D eigenvalue weighted by atomic mass is 10.1. The fraction of sp³-hybridized carbons (Fsp3) is 0.231. The van der Waals surface area contributed by atoms with Crippen LogP contribution in [0.2, 0.25) is 5.15 Å². The average molecular weight is 266 g/mol. The van der Waals surface area contributed by atoms with Gasteiger partial charge in [0.2, 0.25) is 0 Å². The number of halogens is 1. The van der Waals surface area contributed by atoms with Crippen LogP contribution in [0.25, 0.3) is 10.9 Å². The second-order valence-electron chi connectivity index (χ2n) is 3.61.